The van der Waals surface area contributed by atoms with Gasteiger partial charge in [0.1, 0.15) is 5.75 Å². The molecule has 0 bridgehead atoms. The second kappa shape index (κ2) is 4.20. The summed E-state index contributed by atoms with van der Waals surface area (Å²) < 4.78 is 29.2. The molecule has 1 N–H and O–H groups in total. The summed E-state index contributed by atoms with van der Waals surface area (Å²) in [4.78, 5) is 0. The number of benzene rings is 1. The minimum Gasteiger partial charge on any atom is -0.371 e. The van der Waals surface area contributed by atoms with Crippen LogP contribution in [0.3, 0.4) is 0 Å². The van der Waals surface area contributed by atoms with E-state index in [1.54, 1.807) is 12.1 Å². The molecular formula is C10H15NO3S. The molecule has 1 aromatic rings. The SMILES string of the molecule is CNS(=O)(=O)Oc1cc(C)c(C)c(C)c1. The smallest absolute Gasteiger partial charge is 0.371 e. The van der Waals surface area contributed by atoms with Crippen LogP contribution in [0.5, 0.6) is 5.75 Å². The van der Waals surface area contributed by atoms with Gasteiger partial charge in [0.05, 0.1) is 0 Å². The van der Waals surface area contributed by atoms with E-state index in [1.807, 2.05) is 20.8 Å². The zero-order valence-corrected chi connectivity index (χ0v) is 10.1. The maximum Gasteiger partial charge on any atom is 0.382 e. The van der Waals surface area contributed by atoms with Crippen LogP contribution < -0.4 is 8.91 Å². The van der Waals surface area contributed by atoms with Crippen LogP contribution >= 0.6 is 0 Å². The van der Waals surface area contributed by atoms with E-state index in [1.165, 1.54) is 7.05 Å². The van der Waals surface area contributed by atoms with Crippen molar-refractivity contribution >= 4 is 10.3 Å². The molecule has 84 valence electrons. The molecule has 1 rings (SSSR count). The molecule has 0 saturated heterocycles. The van der Waals surface area contributed by atoms with Crippen molar-refractivity contribution < 1.29 is 12.6 Å². The van der Waals surface area contributed by atoms with Crippen LogP contribution in [0.15, 0.2) is 12.1 Å². The number of aryl methyl sites for hydroxylation is 2. The Kier molecular flexibility index (Phi) is 3.36. The van der Waals surface area contributed by atoms with Crippen molar-refractivity contribution in [2.75, 3.05) is 7.05 Å². The molecule has 5 heteroatoms. The Labute approximate surface area is 90.5 Å². The first kappa shape index (κ1) is 12.0. The van der Waals surface area contributed by atoms with E-state index in [0.29, 0.717) is 5.75 Å². The summed E-state index contributed by atoms with van der Waals surface area (Å²) in [5.74, 6) is 0.338. The Morgan fingerprint density at radius 1 is 1.13 bits per heavy atom. The lowest BCUT2D eigenvalue weighted by Crippen LogP contribution is -2.24. The lowest BCUT2D eigenvalue weighted by atomic mass is 10.0. The molecule has 0 atom stereocenters. The van der Waals surface area contributed by atoms with Crippen molar-refractivity contribution in [3.63, 3.8) is 0 Å². The summed E-state index contributed by atoms with van der Waals surface area (Å²) >= 11 is 0. The number of hydrogen-bond acceptors (Lipinski definition) is 3. The molecule has 0 saturated carbocycles. The Hall–Kier alpha value is -1.07. The molecule has 15 heavy (non-hydrogen) atoms. The van der Waals surface area contributed by atoms with Gasteiger partial charge in [0.2, 0.25) is 0 Å². The zero-order chi connectivity index (χ0) is 11.6. The van der Waals surface area contributed by atoms with Crippen LogP contribution in [-0.2, 0) is 10.3 Å². The molecule has 4 nitrogen and oxygen atoms in total. The Balaban J connectivity index is 3.08. The molecule has 0 fully saturated rings. The second-order valence-corrected chi connectivity index (χ2v) is 4.91. The highest BCUT2D eigenvalue weighted by atomic mass is 32.2. The summed E-state index contributed by atoms with van der Waals surface area (Å²) in [6.07, 6.45) is 0. The first-order chi connectivity index (χ1) is 6.85. The van der Waals surface area contributed by atoms with E-state index in [9.17, 15) is 8.42 Å². The molecule has 1 aromatic carbocycles. The van der Waals surface area contributed by atoms with Crippen molar-refractivity contribution in [1.82, 2.24) is 4.72 Å². The first-order valence-electron chi connectivity index (χ1n) is 4.56. The van der Waals surface area contributed by atoms with Crippen molar-refractivity contribution in [1.29, 1.82) is 0 Å². The fourth-order valence-electron chi connectivity index (χ4n) is 1.21. The third-order valence-corrected chi connectivity index (χ3v) is 3.27. The van der Waals surface area contributed by atoms with E-state index in [2.05, 4.69) is 4.72 Å². The van der Waals surface area contributed by atoms with Crippen molar-refractivity contribution in [2.24, 2.45) is 0 Å². The summed E-state index contributed by atoms with van der Waals surface area (Å²) in [6, 6.07) is 3.41. The number of rotatable bonds is 3. The van der Waals surface area contributed by atoms with E-state index in [-0.39, 0.29) is 0 Å². The van der Waals surface area contributed by atoms with Gasteiger partial charge in [-0.3, -0.25) is 0 Å². The molecule has 0 heterocycles. The van der Waals surface area contributed by atoms with Gasteiger partial charge in [0.15, 0.2) is 0 Å². The van der Waals surface area contributed by atoms with Crippen LogP contribution in [0.1, 0.15) is 16.7 Å². The monoisotopic (exact) mass is 229 g/mol. The lowest BCUT2D eigenvalue weighted by Gasteiger charge is -2.09. The summed E-state index contributed by atoms with van der Waals surface area (Å²) in [7, 11) is -2.36. The van der Waals surface area contributed by atoms with E-state index < -0.39 is 10.3 Å². The maximum atomic E-state index is 11.1. The maximum absolute atomic E-state index is 11.1. The topological polar surface area (TPSA) is 55.4 Å². The Morgan fingerprint density at radius 2 is 1.60 bits per heavy atom. The van der Waals surface area contributed by atoms with E-state index >= 15 is 0 Å². The third kappa shape index (κ3) is 2.94. The first-order valence-corrected chi connectivity index (χ1v) is 5.97. The minimum absolute atomic E-state index is 0.338. The predicted molar refractivity (Wildman–Crippen MR) is 59.3 cm³/mol. The fourth-order valence-corrected chi connectivity index (χ4v) is 1.65. The van der Waals surface area contributed by atoms with Crippen LogP contribution in [0.25, 0.3) is 0 Å². The second-order valence-electron chi connectivity index (χ2n) is 3.42. The predicted octanol–water partition coefficient (Wildman–Crippen LogP) is 1.45. The van der Waals surface area contributed by atoms with Crippen LogP contribution in [0, 0.1) is 20.8 Å². The van der Waals surface area contributed by atoms with Gasteiger partial charge >= 0.3 is 10.3 Å². The quantitative estimate of drug-likeness (QED) is 0.853. The van der Waals surface area contributed by atoms with Gasteiger partial charge in [-0.2, -0.15) is 13.1 Å². The van der Waals surface area contributed by atoms with Crippen LogP contribution in [-0.4, -0.2) is 15.5 Å². The molecule has 0 aliphatic heterocycles. The standard InChI is InChI=1S/C10H15NO3S/c1-7-5-10(6-8(2)9(7)3)14-15(12,13)11-4/h5-6,11H,1-4H3. The van der Waals surface area contributed by atoms with Crippen LogP contribution in [0.4, 0.5) is 0 Å². The molecule has 0 unspecified atom stereocenters. The molecule has 0 amide bonds. The average molecular weight is 229 g/mol. The number of hydrogen-bond donors (Lipinski definition) is 1. The molecule has 0 spiro atoms. The summed E-state index contributed by atoms with van der Waals surface area (Å²) in [5.41, 5.74) is 3.16. The third-order valence-electron chi connectivity index (χ3n) is 2.36. The van der Waals surface area contributed by atoms with Crippen molar-refractivity contribution in [3.8, 4) is 5.75 Å². The summed E-state index contributed by atoms with van der Waals surface area (Å²) in [6.45, 7) is 5.82. The molecule has 0 aromatic heterocycles. The normalized spacial score (nSPS) is 11.5. The van der Waals surface area contributed by atoms with Crippen molar-refractivity contribution in [3.05, 3.63) is 28.8 Å². The van der Waals surface area contributed by atoms with Gasteiger partial charge in [-0.05, 0) is 49.6 Å². The average Bonchev–Trinajstić information content (AvgIpc) is 2.13. The van der Waals surface area contributed by atoms with Gasteiger partial charge in [0, 0.05) is 7.05 Å². The highest BCUT2D eigenvalue weighted by Gasteiger charge is 2.10. The highest BCUT2D eigenvalue weighted by Crippen LogP contribution is 2.21. The van der Waals surface area contributed by atoms with Gasteiger partial charge in [0.25, 0.3) is 0 Å². The molecular weight excluding hydrogens is 214 g/mol. The van der Waals surface area contributed by atoms with Gasteiger partial charge in [-0.25, -0.2) is 0 Å². The highest BCUT2D eigenvalue weighted by molar-refractivity contribution is 7.85. The van der Waals surface area contributed by atoms with E-state index in [4.69, 9.17) is 4.18 Å². The molecule has 0 radical (unpaired) electrons. The van der Waals surface area contributed by atoms with E-state index in [0.717, 1.165) is 16.7 Å². The van der Waals surface area contributed by atoms with Crippen LogP contribution in [0.2, 0.25) is 0 Å². The van der Waals surface area contributed by atoms with Crippen molar-refractivity contribution in [2.45, 2.75) is 20.8 Å². The Bertz CT molecular complexity index is 443. The largest absolute Gasteiger partial charge is 0.382 e. The lowest BCUT2D eigenvalue weighted by molar-refractivity contribution is 0.476. The Morgan fingerprint density at radius 3 is 2.00 bits per heavy atom. The van der Waals surface area contributed by atoms with Gasteiger partial charge in [-0.15, -0.1) is 0 Å². The minimum atomic E-state index is -3.67. The fraction of sp³-hybridized carbons (Fsp3) is 0.400. The van der Waals surface area contributed by atoms with Gasteiger partial charge in [-0.1, -0.05) is 0 Å². The zero-order valence-electron chi connectivity index (χ0n) is 9.29. The number of nitrogens with one attached hydrogen (secondary N) is 1. The van der Waals surface area contributed by atoms with Gasteiger partial charge < -0.3 is 4.18 Å². The molecule has 0 aliphatic rings. The summed E-state index contributed by atoms with van der Waals surface area (Å²) in [5, 5.41) is 0. The molecule has 0 aliphatic carbocycles.